The van der Waals surface area contributed by atoms with Crippen molar-refractivity contribution in [2.45, 2.75) is 19.8 Å². The van der Waals surface area contributed by atoms with Crippen LogP contribution in [0.4, 0.5) is 14.9 Å². The van der Waals surface area contributed by atoms with Crippen molar-refractivity contribution in [2.75, 3.05) is 18.9 Å². The molecule has 1 aromatic carbocycles. The summed E-state index contributed by atoms with van der Waals surface area (Å²) in [7, 11) is 1.73. The summed E-state index contributed by atoms with van der Waals surface area (Å²) < 4.78 is 12.9. The average molecular weight is 224 g/mol. The maximum absolute atomic E-state index is 12.9. The molecule has 0 atom stereocenters. The van der Waals surface area contributed by atoms with Gasteiger partial charge in [0, 0.05) is 19.3 Å². The Labute approximate surface area is 95.3 Å². The number of nitrogens with zero attached hydrogens (tertiary/aromatic N) is 1. The first-order valence-corrected chi connectivity index (χ1v) is 5.41. The molecule has 0 aliphatic heterocycles. The van der Waals surface area contributed by atoms with Crippen LogP contribution in [0.15, 0.2) is 24.3 Å². The van der Waals surface area contributed by atoms with E-state index in [4.69, 9.17) is 0 Å². The van der Waals surface area contributed by atoms with E-state index in [9.17, 15) is 9.18 Å². The molecule has 0 fully saturated rings. The number of nitrogens with one attached hydrogen (secondary N) is 1. The molecule has 88 valence electrons. The van der Waals surface area contributed by atoms with Crippen molar-refractivity contribution in [1.82, 2.24) is 4.90 Å². The largest absolute Gasteiger partial charge is 0.328 e. The smallest absolute Gasteiger partial charge is 0.321 e. The third-order valence-corrected chi connectivity index (χ3v) is 2.27. The van der Waals surface area contributed by atoms with Crippen molar-refractivity contribution in [3.63, 3.8) is 0 Å². The number of rotatable bonds is 4. The second-order valence-electron chi connectivity index (χ2n) is 3.72. The summed E-state index contributed by atoms with van der Waals surface area (Å²) in [5, 5.41) is 2.64. The average Bonchev–Trinajstić information content (AvgIpc) is 2.25. The van der Waals surface area contributed by atoms with E-state index >= 15 is 0 Å². The van der Waals surface area contributed by atoms with Gasteiger partial charge in [-0.1, -0.05) is 19.4 Å². The number of hydrogen-bond acceptors (Lipinski definition) is 1. The van der Waals surface area contributed by atoms with Gasteiger partial charge in [-0.3, -0.25) is 0 Å². The third-order valence-electron chi connectivity index (χ3n) is 2.27. The van der Waals surface area contributed by atoms with E-state index in [0.717, 1.165) is 12.8 Å². The Morgan fingerprint density at radius 3 is 2.88 bits per heavy atom. The minimum atomic E-state index is -0.353. The molecule has 1 N–H and O–H groups in total. The molecule has 0 aliphatic carbocycles. The molecule has 1 rings (SSSR count). The first-order chi connectivity index (χ1) is 7.63. The van der Waals surface area contributed by atoms with E-state index in [1.807, 2.05) is 0 Å². The molecule has 0 saturated heterocycles. The minimum absolute atomic E-state index is 0.209. The summed E-state index contributed by atoms with van der Waals surface area (Å²) in [6, 6.07) is 5.66. The monoisotopic (exact) mass is 224 g/mol. The Kier molecular flexibility index (Phi) is 4.76. The molecule has 0 aromatic heterocycles. The van der Waals surface area contributed by atoms with Crippen molar-refractivity contribution < 1.29 is 9.18 Å². The molecule has 0 radical (unpaired) electrons. The number of carbonyl (C=O) groups excluding carboxylic acids is 1. The quantitative estimate of drug-likeness (QED) is 0.837. The van der Waals surface area contributed by atoms with Crippen LogP contribution in [-0.2, 0) is 0 Å². The number of anilines is 1. The second-order valence-corrected chi connectivity index (χ2v) is 3.72. The molecule has 0 unspecified atom stereocenters. The lowest BCUT2D eigenvalue weighted by molar-refractivity contribution is 0.222. The molecule has 4 heteroatoms. The molecule has 0 bridgehead atoms. The van der Waals surface area contributed by atoms with Crippen molar-refractivity contribution in [2.24, 2.45) is 0 Å². The maximum atomic E-state index is 12.9. The van der Waals surface area contributed by atoms with Gasteiger partial charge < -0.3 is 10.2 Å². The van der Waals surface area contributed by atoms with Gasteiger partial charge in [-0.2, -0.15) is 0 Å². The fourth-order valence-electron chi connectivity index (χ4n) is 1.28. The SMILES string of the molecule is CCCCN(C)C(=O)Nc1cccc(F)c1. The summed E-state index contributed by atoms with van der Waals surface area (Å²) >= 11 is 0. The normalized spacial score (nSPS) is 9.94. The standard InChI is InChI=1S/C12H17FN2O/c1-3-4-8-15(2)12(16)14-11-7-5-6-10(13)9-11/h5-7,9H,3-4,8H2,1-2H3,(H,14,16). The Hall–Kier alpha value is -1.58. The highest BCUT2D eigenvalue weighted by Crippen LogP contribution is 2.09. The number of hydrogen-bond donors (Lipinski definition) is 1. The molecule has 0 heterocycles. The van der Waals surface area contributed by atoms with Crippen molar-refractivity contribution in [3.05, 3.63) is 30.1 Å². The van der Waals surface area contributed by atoms with Gasteiger partial charge >= 0.3 is 6.03 Å². The van der Waals surface area contributed by atoms with Gasteiger partial charge in [-0.25, -0.2) is 9.18 Å². The first kappa shape index (κ1) is 12.5. The van der Waals surface area contributed by atoms with Gasteiger partial charge in [0.15, 0.2) is 0 Å². The highest BCUT2D eigenvalue weighted by Gasteiger charge is 2.07. The number of halogens is 1. The van der Waals surface area contributed by atoms with Gasteiger partial charge in [-0.05, 0) is 24.6 Å². The zero-order valence-corrected chi connectivity index (χ0v) is 9.66. The summed E-state index contributed by atoms with van der Waals surface area (Å²) in [4.78, 5) is 13.2. The van der Waals surface area contributed by atoms with Crippen LogP contribution in [0.1, 0.15) is 19.8 Å². The molecular weight excluding hydrogens is 207 g/mol. The van der Waals surface area contributed by atoms with Crippen molar-refractivity contribution >= 4 is 11.7 Å². The van der Waals surface area contributed by atoms with Crippen LogP contribution in [0.3, 0.4) is 0 Å². The predicted molar refractivity (Wildman–Crippen MR) is 63.0 cm³/mol. The number of amides is 2. The Balaban J connectivity index is 2.50. The highest BCUT2D eigenvalue weighted by molar-refractivity contribution is 5.89. The summed E-state index contributed by atoms with van der Waals surface area (Å²) in [6.07, 6.45) is 2.00. The van der Waals surface area contributed by atoms with Crippen LogP contribution in [0.5, 0.6) is 0 Å². The number of carbonyl (C=O) groups is 1. The van der Waals surface area contributed by atoms with Gasteiger partial charge in [0.2, 0.25) is 0 Å². The van der Waals surface area contributed by atoms with Crippen molar-refractivity contribution in [1.29, 1.82) is 0 Å². The van der Waals surface area contributed by atoms with E-state index in [0.29, 0.717) is 12.2 Å². The van der Waals surface area contributed by atoms with Crippen LogP contribution in [0, 0.1) is 5.82 Å². The molecule has 16 heavy (non-hydrogen) atoms. The van der Waals surface area contributed by atoms with Crippen LogP contribution < -0.4 is 5.32 Å². The van der Waals surface area contributed by atoms with E-state index in [1.54, 1.807) is 24.1 Å². The van der Waals surface area contributed by atoms with Gasteiger partial charge in [0.25, 0.3) is 0 Å². The fourth-order valence-corrected chi connectivity index (χ4v) is 1.28. The molecule has 0 saturated carbocycles. The minimum Gasteiger partial charge on any atom is -0.328 e. The lowest BCUT2D eigenvalue weighted by atomic mass is 10.3. The summed E-state index contributed by atoms with van der Waals surface area (Å²) in [5.74, 6) is -0.353. The summed E-state index contributed by atoms with van der Waals surface area (Å²) in [5.41, 5.74) is 0.480. The Morgan fingerprint density at radius 1 is 1.50 bits per heavy atom. The Morgan fingerprint density at radius 2 is 2.25 bits per heavy atom. The van der Waals surface area contributed by atoms with Gasteiger partial charge in [-0.15, -0.1) is 0 Å². The van der Waals surface area contributed by atoms with Crippen LogP contribution in [0.2, 0.25) is 0 Å². The third kappa shape index (κ3) is 3.88. The lowest BCUT2D eigenvalue weighted by Crippen LogP contribution is -2.32. The zero-order chi connectivity index (χ0) is 12.0. The molecule has 3 nitrogen and oxygen atoms in total. The highest BCUT2D eigenvalue weighted by atomic mass is 19.1. The Bertz CT molecular complexity index is 355. The molecule has 2 amide bonds. The second kappa shape index (κ2) is 6.10. The lowest BCUT2D eigenvalue weighted by Gasteiger charge is -2.17. The fraction of sp³-hybridized carbons (Fsp3) is 0.417. The summed E-state index contributed by atoms with van der Waals surface area (Å²) in [6.45, 7) is 2.77. The van der Waals surface area contributed by atoms with Crippen LogP contribution in [0.25, 0.3) is 0 Å². The molecular formula is C12H17FN2O. The van der Waals surface area contributed by atoms with Gasteiger partial charge in [0.05, 0.1) is 0 Å². The van der Waals surface area contributed by atoms with Crippen LogP contribution >= 0.6 is 0 Å². The van der Waals surface area contributed by atoms with E-state index in [1.165, 1.54) is 12.1 Å². The number of unbranched alkanes of at least 4 members (excludes halogenated alkanes) is 1. The maximum Gasteiger partial charge on any atom is 0.321 e. The van der Waals surface area contributed by atoms with Crippen LogP contribution in [-0.4, -0.2) is 24.5 Å². The van der Waals surface area contributed by atoms with E-state index in [-0.39, 0.29) is 11.8 Å². The molecule has 0 aliphatic rings. The number of benzene rings is 1. The zero-order valence-electron chi connectivity index (χ0n) is 9.66. The van der Waals surface area contributed by atoms with Crippen molar-refractivity contribution in [3.8, 4) is 0 Å². The van der Waals surface area contributed by atoms with Gasteiger partial charge in [0.1, 0.15) is 5.82 Å². The number of urea groups is 1. The first-order valence-electron chi connectivity index (χ1n) is 5.41. The van der Waals surface area contributed by atoms with E-state index < -0.39 is 0 Å². The predicted octanol–water partition coefficient (Wildman–Crippen LogP) is 3.09. The topological polar surface area (TPSA) is 32.3 Å². The van der Waals surface area contributed by atoms with E-state index in [2.05, 4.69) is 12.2 Å². The molecule has 0 spiro atoms. The molecule has 1 aromatic rings.